The van der Waals surface area contributed by atoms with Gasteiger partial charge in [-0.05, 0) is 63.1 Å². The van der Waals surface area contributed by atoms with E-state index in [4.69, 9.17) is 29.8 Å². The molecule has 4 aromatic rings. The summed E-state index contributed by atoms with van der Waals surface area (Å²) in [5.74, 6) is -0.205. The predicted molar refractivity (Wildman–Crippen MR) is 192 cm³/mol. The number of benzene rings is 1. The number of nitrogen functional groups attached to an aromatic ring is 1. The Balaban J connectivity index is 0.000000328. The summed E-state index contributed by atoms with van der Waals surface area (Å²) in [6.07, 6.45) is 5.00. The van der Waals surface area contributed by atoms with Crippen molar-refractivity contribution < 1.29 is 37.3 Å². The smallest absolute Gasteiger partial charge is 0.318 e. The molecular weight excluding hydrogens is 700 g/mol. The Hall–Kier alpha value is -4.46. The van der Waals surface area contributed by atoms with Crippen molar-refractivity contribution in [1.82, 2.24) is 19.9 Å². The molecule has 4 atom stereocenters. The number of alkyl halides is 1. The molecule has 0 bridgehead atoms. The molecule has 0 radical (unpaired) electrons. The first-order chi connectivity index (χ1) is 25.1. The van der Waals surface area contributed by atoms with Crippen molar-refractivity contribution in [1.29, 1.82) is 5.26 Å². The Morgan fingerprint density at radius 2 is 1.98 bits per heavy atom. The van der Waals surface area contributed by atoms with E-state index in [9.17, 15) is 14.0 Å². The molecule has 0 spiro atoms. The molecule has 3 N–H and O–H groups in total. The SMILES string of the molecule is COc1nc2c3c(nc(-c4ccc(F)c5sc(N)c(C#N)c45)c(F)c3n1)OC(CCC(C)C)CN2C1CCOC1.FC1CC2CCCN2C1.O=CO. The van der Waals surface area contributed by atoms with Crippen molar-refractivity contribution in [2.75, 3.05) is 50.6 Å². The molecule has 278 valence electrons. The summed E-state index contributed by atoms with van der Waals surface area (Å²) < 4.78 is 61.7. The molecule has 0 amide bonds. The Morgan fingerprint density at radius 1 is 1.19 bits per heavy atom. The topological polar surface area (TPSA) is 160 Å². The number of aromatic nitrogens is 3. The lowest BCUT2D eigenvalue weighted by Crippen LogP contribution is -2.42. The lowest BCUT2D eigenvalue weighted by molar-refractivity contribution is -0.122. The average Bonchev–Trinajstić information content (AvgIpc) is 3.92. The van der Waals surface area contributed by atoms with Crippen LogP contribution >= 0.6 is 11.3 Å². The van der Waals surface area contributed by atoms with Crippen LogP contribution in [0.25, 0.3) is 32.2 Å². The number of methoxy groups -OCH3 is 1. The largest absolute Gasteiger partial charge is 0.483 e. The number of ether oxygens (including phenoxy) is 3. The molecule has 4 aliphatic heterocycles. The maximum absolute atomic E-state index is 16.5. The second-order valence-corrected chi connectivity index (χ2v) is 14.8. The van der Waals surface area contributed by atoms with Gasteiger partial charge in [-0.25, -0.2) is 18.2 Å². The number of anilines is 2. The van der Waals surface area contributed by atoms with Crippen molar-refractivity contribution in [3.63, 3.8) is 0 Å². The first-order valence-electron chi connectivity index (χ1n) is 17.4. The monoisotopic (exact) mass is 741 g/mol. The lowest BCUT2D eigenvalue weighted by atomic mass is 10.0. The predicted octanol–water partition coefficient (Wildman–Crippen LogP) is 6.33. The van der Waals surface area contributed by atoms with Gasteiger partial charge < -0.3 is 30.0 Å². The molecular formula is C36H42F3N7O5S. The number of carbonyl (C=O) groups is 1. The molecule has 3 saturated heterocycles. The zero-order valence-electron chi connectivity index (χ0n) is 29.3. The van der Waals surface area contributed by atoms with Gasteiger partial charge in [0.1, 0.15) is 51.6 Å². The van der Waals surface area contributed by atoms with E-state index in [1.54, 1.807) is 0 Å². The fourth-order valence-electron chi connectivity index (χ4n) is 7.45. The highest BCUT2D eigenvalue weighted by Gasteiger charge is 2.37. The molecule has 7 heterocycles. The number of halogens is 3. The summed E-state index contributed by atoms with van der Waals surface area (Å²) in [5.41, 5.74) is 6.19. The Kier molecular flexibility index (Phi) is 11.5. The van der Waals surface area contributed by atoms with E-state index in [0.717, 1.165) is 43.6 Å². The highest BCUT2D eigenvalue weighted by Crippen LogP contribution is 2.45. The van der Waals surface area contributed by atoms with Gasteiger partial charge in [0.15, 0.2) is 5.82 Å². The summed E-state index contributed by atoms with van der Waals surface area (Å²) in [5, 5.41) is 17.4. The number of hydrogen-bond acceptors (Lipinski definition) is 12. The molecule has 16 heteroatoms. The van der Waals surface area contributed by atoms with Crippen molar-refractivity contribution in [3.05, 3.63) is 29.3 Å². The second-order valence-electron chi connectivity index (χ2n) is 13.7. The van der Waals surface area contributed by atoms with E-state index < -0.39 is 17.8 Å². The minimum Gasteiger partial charge on any atom is -0.483 e. The van der Waals surface area contributed by atoms with Gasteiger partial charge in [-0.15, -0.1) is 11.3 Å². The molecule has 1 aromatic carbocycles. The average molecular weight is 742 g/mol. The minimum absolute atomic E-state index is 0.00390. The molecule has 3 fully saturated rings. The van der Waals surface area contributed by atoms with Crippen LogP contribution in [0.1, 0.15) is 57.9 Å². The number of hydrogen-bond donors (Lipinski definition) is 2. The van der Waals surface area contributed by atoms with E-state index in [1.165, 1.54) is 32.1 Å². The summed E-state index contributed by atoms with van der Waals surface area (Å²) in [6.45, 7) is 7.54. The van der Waals surface area contributed by atoms with Crippen LogP contribution in [0.2, 0.25) is 0 Å². The molecule has 4 aliphatic rings. The van der Waals surface area contributed by atoms with Gasteiger partial charge in [0.05, 0.1) is 36.6 Å². The molecule has 3 aromatic heterocycles. The number of fused-ring (bicyclic) bond motifs is 2. The molecule has 0 aliphatic carbocycles. The van der Waals surface area contributed by atoms with Crippen LogP contribution < -0.4 is 20.1 Å². The van der Waals surface area contributed by atoms with Gasteiger partial charge in [0, 0.05) is 30.1 Å². The summed E-state index contributed by atoms with van der Waals surface area (Å²) in [4.78, 5) is 26.4. The van der Waals surface area contributed by atoms with E-state index in [1.807, 2.05) is 6.07 Å². The fraction of sp³-hybridized carbons (Fsp3) is 0.528. The van der Waals surface area contributed by atoms with Crippen LogP contribution in [0, 0.1) is 28.9 Å². The second kappa shape index (κ2) is 16.1. The van der Waals surface area contributed by atoms with E-state index in [0.29, 0.717) is 49.5 Å². The van der Waals surface area contributed by atoms with Gasteiger partial charge in [0.2, 0.25) is 5.88 Å². The number of carboxylic acid groups (broad SMARTS) is 1. The minimum atomic E-state index is -0.755. The van der Waals surface area contributed by atoms with Crippen molar-refractivity contribution in [3.8, 4) is 29.2 Å². The van der Waals surface area contributed by atoms with Gasteiger partial charge in [-0.3, -0.25) is 9.69 Å². The Labute approximate surface area is 303 Å². The lowest BCUT2D eigenvalue weighted by Gasteiger charge is -2.30. The van der Waals surface area contributed by atoms with Crippen LogP contribution in [-0.4, -0.2) is 95.7 Å². The van der Waals surface area contributed by atoms with Crippen LogP contribution in [-0.2, 0) is 9.53 Å². The number of thiophene rings is 1. The van der Waals surface area contributed by atoms with Crippen molar-refractivity contribution >= 4 is 49.6 Å². The molecule has 12 nitrogen and oxygen atoms in total. The number of nitrogens with zero attached hydrogens (tertiary/aromatic N) is 6. The van der Waals surface area contributed by atoms with E-state index in [2.05, 4.69) is 38.6 Å². The summed E-state index contributed by atoms with van der Waals surface area (Å²) in [7, 11) is 1.42. The standard InChI is InChI=1S/C28H28F2N6O3S.C7H12FN.CH2O2/c1-13(2)4-5-15-11-36(14-8-9-38-12-14)26-20-23(34-28(35-26)37-3)21(30)22(33-27(20)39-15)16-6-7-18(29)24-19(16)17(10-31)25(32)40-24;8-6-4-7-2-1-3-9(7)5-6;2-1-3/h6-7,13-15H,4-5,8-9,11-12,32H2,1-3H3;6-7H,1-5H2;1H,(H,2,3). The summed E-state index contributed by atoms with van der Waals surface area (Å²) in [6, 6.07) is 5.29. The third-order valence-electron chi connectivity index (χ3n) is 9.90. The third-order valence-corrected chi connectivity index (χ3v) is 10.9. The first-order valence-corrected chi connectivity index (χ1v) is 18.2. The van der Waals surface area contributed by atoms with Crippen LogP contribution in [0.15, 0.2) is 12.1 Å². The van der Waals surface area contributed by atoms with Crippen LogP contribution in [0.5, 0.6) is 11.9 Å². The fourth-order valence-corrected chi connectivity index (χ4v) is 8.40. The molecule has 52 heavy (non-hydrogen) atoms. The normalized spacial score (nSPS) is 22.2. The summed E-state index contributed by atoms with van der Waals surface area (Å²) >= 11 is 0.940. The van der Waals surface area contributed by atoms with Gasteiger partial charge in [-0.1, -0.05) is 13.8 Å². The maximum Gasteiger partial charge on any atom is 0.318 e. The number of rotatable bonds is 6. The zero-order chi connectivity index (χ0) is 37.1. The van der Waals surface area contributed by atoms with Crippen molar-refractivity contribution in [2.24, 2.45) is 5.92 Å². The molecule has 8 rings (SSSR count). The molecule has 0 saturated carbocycles. The third kappa shape index (κ3) is 7.39. The number of nitrogens with two attached hydrogens (primary N) is 1. The van der Waals surface area contributed by atoms with Gasteiger partial charge in [0.25, 0.3) is 6.47 Å². The van der Waals surface area contributed by atoms with E-state index >= 15 is 4.39 Å². The quantitative estimate of drug-likeness (QED) is 0.212. The highest BCUT2D eigenvalue weighted by atomic mass is 32.1. The first kappa shape index (κ1) is 37.3. The number of nitriles is 1. The maximum atomic E-state index is 16.5. The van der Waals surface area contributed by atoms with Gasteiger partial charge in [-0.2, -0.15) is 15.2 Å². The Morgan fingerprint density at radius 3 is 2.65 bits per heavy atom. The van der Waals surface area contributed by atoms with E-state index in [-0.39, 0.29) is 67.9 Å². The highest BCUT2D eigenvalue weighted by molar-refractivity contribution is 7.23. The molecule has 4 unspecified atom stereocenters. The zero-order valence-corrected chi connectivity index (χ0v) is 30.1. The number of pyridine rings is 1. The Bertz CT molecular complexity index is 1960. The van der Waals surface area contributed by atoms with Gasteiger partial charge >= 0.3 is 6.01 Å². The van der Waals surface area contributed by atoms with Crippen molar-refractivity contribution in [2.45, 2.75) is 76.7 Å². The van der Waals surface area contributed by atoms with Crippen LogP contribution in [0.3, 0.4) is 0 Å². The van der Waals surface area contributed by atoms with Crippen LogP contribution in [0.4, 0.5) is 24.0 Å².